The quantitative estimate of drug-likeness (QED) is 0.150. The number of rotatable bonds is 14. The smallest absolute Gasteiger partial charge is 0.405 e. The lowest BCUT2D eigenvalue weighted by Crippen LogP contribution is -2.58. The van der Waals surface area contributed by atoms with Crippen molar-refractivity contribution < 1.29 is 34.1 Å². The van der Waals surface area contributed by atoms with Crippen LogP contribution in [0.1, 0.15) is 59.1 Å². The first-order chi connectivity index (χ1) is 23.5. The average molecular weight is 690 g/mol. The summed E-state index contributed by atoms with van der Waals surface area (Å²) in [6, 6.07) is 19.6. The van der Waals surface area contributed by atoms with E-state index >= 15 is 0 Å². The Balaban J connectivity index is 1.95. The molecule has 50 heavy (non-hydrogen) atoms. The highest BCUT2D eigenvalue weighted by Gasteiger charge is 2.36. The third kappa shape index (κ3) is 12.2. The number of nitrogens with one attached hydrogen (secondary N) is 3. The number of ether oxygens (including phenoxy) is 1. The van der Waals surface area contributed by atoms with Gasteiger partial charge in [0.15, 0.2) is 0 Å². The third-order valence-electron chi connectivity index (χ3n) is 8.31. The summed E-state index contributed by atoms with van der Waals surface area (Å²) in [5.41, 5.74) is 1.94. The van der Waals surface area contributed by atoms with E-state index in [1.807, 2.05) is 72.8 Å². The molecule has 2 aromatic carbocycles. The number of urea groups is 1. The van der Waals surface area contributed by atoms with E-state index in [1.54, 1.807) is 47.7 Å². The fourth-order valence-electron chi connectivity index (χ4n) is 5.55. The summed E-state index contributed by atoms with van der Waals surface area (Å²) < 4.78 is 4.84. The molecule has 4 amide bonds. The van der Waals surface area contributed by atoms with Crippen LogP contribution in [-0.2, 0) is 27.2 Å². The fourth-order valence-corrected chi connectivity index (χ4v) is 5.55. The molecule has 3 rings (SSSR count). The van der Waals surface area contributed by atoms with Gasteiger partial charge in [-0.2, -0.15) is 0 Å². The van der Waals surface area contributed by atoms with Gasteiger partial charge in [-0.15, -0.1) is 0 Å². The number of amides is 4. The third-order valence-corrected chi connectivity index (χ3v) is 8.31. The van der Waals surface area contributed by atoms with E-state index < -0.39 is 59.2 Å². The van der Waals surface area contributed by atoms with Crippen molar-refractivity contribution >= 4 is 24.0 Å². The number of benzene rings is 2. The first kappa shape index (κ1) is 39.5. The molecule has 0 aliphatic rings. The minimum atomic E-state index is -1.34. The van der Waals surface area contributed by atoms with Gasteiger partial charge in [0.2, 0.25) is 5.91 Å². The number of carbonyl (C=O) groups excluding carboxylic acids is 3. The molecule has 1 heterocycles. The van der Waals surface area contributed by atoms with Gasteiger partial charge in [-0.25, -0.2) is 9.59 Å². The molecule has 12 nitrogen and oxygen atoms in total. The molecule has 0 aliphatic carbocycles. The zero-order valence-corrected chi connectivity index (χ0v) is 30.0. The molecule has 5 N–H and O–H groups in total. The number of carbonyl (C=O) groups is 4. The molecule has 0 saturated carbocycles. The van der Waals surface area contributed by atoms with Crippen molar-refractivity contribution in [2.24, 2.45) is 5.41 Å². The minimum Gasteiger partial charge on any atom is -0.468 e. The van der Waals surface area contributed by atoms with E-state index in [2.05, 4.69) is 20.9 Å². The average Bonchev–Trinajstić information content (AvgIpc) is 3.05. The summed E-state index contributed by atoms with van der Waals surface area (Å²) in [5.74, 6) is -1.16. The molecule has 0 saturated heterocycles. The summed E-state index contributed by atoms with van der Waals surface area (Å²) >= 11 is 0. The summed E-state index contributed by atoms with van der Waals surface area (Å²) in [5, 5.41) is 29.5. The Bertz CT molecular complexity index is 1550. The van der Waals surface area contributed by atoms with E-state index in [-0.39, 0.29) is 19.4 Å². The van der Waals surface area contributed by atoms with E-state index in [0.717, 1.165) is 22.4 Å². The van der Waals surface area contributed by atoms with Crippen molar-refractivity contribution in [3.8, 4) is 11.3 Å². The number of carboxylic acid groups (broad SMARTS) is 1. The summed E-state index contributed by atoms with van der Waals surface area (Å²) in [6.07, 6.45) is -0.211. The van der Waals surface area contributed by atoms with Crippen LogP contribution in [0.25, 0.3) is 11.3 Å². The number of nitrogens with zero attached hydrogens (tertiary/aromatic N) is 2. The lowest BCUT2D eigenvalue weighted by Gasteiger charge is -2.37. The molecule has 0 spiro atoms. The molecule has 270 valence electrons. The molecule has 4 atom stereocenters. The van der Waals surface area contributed by atoms with Gasteiger partial charge in [0.05, 0.1) is 24.9 Å². The Hall–Kier alpha value is -4.97. The monoisotopic (exact) mass is 689 g/mol. The van der Waals surface area contributed by atoms with Crippen molar-refractivity contribution in [2.45, 2.75) is 90.6 Å². The van der Waals surface area contributed by atoms with E-state index in [9.17, 15) is 29.4 Å². The van der Waals surface area contributed by atoms with E-state index in [4.69, 9.17) is 4.74 Å². The van der Waals surface area contributed by atoms with E-state index in [0.29, 0.717) is 6.42 Å². The molecule has 3 aromatic rings. The summed E-state index contributed by atoms with van der Waals surface area (Å²) in [7, 11) is 1.26. The van der Waals surface area contributed by atoms with Crippen LogP contribution in [0.2, 0.25) is 0 Å². The molecular formula is C38H51N5O7. The van der Waals surface area contributed by atoms with Gasteiger partial charge in [0, 0.05) is 23.3 Å². The van der Waals surface area contributed by atoms with Gasteiger partial charge >= 0.3 is 18.1 Å². The second-order valence-electron chi connectivity index (χ2n) is 14.5. The topological polar surface area (TPSA) is 170 Å². The zero-order chi connectivity index (χ0) is 37.1. The lowest BCUT2D eigenvalue weighted by molar-refractivity contribution is -0.142. The van der Waals surface area contributed by atoms with Crippen molar-refractivity contribution in [1.29, 1.82) is 0 Å². The summed E-state index contributed by atoms with van der Waals surface area (Å²) in [6.45, 7) is 10.4. The Kier molecular flexibility index (Phi) is 13.9. The lowest BCUT2D eigenvalue weighted by atomic mass is 9.85. The van der Waals surface area contributed by atoms with Crippen LogP contribution in [0.3, 0.4) is 0 Å². The van der Waals surface area contributed by atoms with Crippen LogP contribution >= 0.6 is 0 Å². The van der Waals surface area contributed by atoms with Crippen LogP contribution in [0.5, 0.6) is 0 Å². The van der Waals surface area contributed by atoms with Crippen molar-refractivity contribution in [1.82, 2.24) is 25.8 Å². The maximum absolute atomic E-state index is 13.8. The number of methoxy groups -OCH3 is 1. The Labute approximate surface area is 294 Å². The molecule has 0 radical (unpaired) electrons. The van der Waals surface area contributed by atoms with E-state index in [1.165, 1.54) is 12.0 Å². The predicted octanol–water partition coefficient (Wildman–Crippen LogP) is 4.80. The van der Waals surface area contributed by atoms with Gasteiger partial charge in [-0.3, -0.25) is 14.6 Å². The molecule has 0 fully saturated rings. The number of aliphatic hydroxyl groups excluding tert-OH is 1. The molecule has 12 heteroatoms. The highest BCUT2D eigenvalue weighted by atomic mass is 16.5. The summed E-state index contributed by atoms with van der Waals surface area (Å²) in [4.78, 5) is 57.0. The van der Waals surface area contributed by atoms with Crippen molar-refractivity contribution in [2.75, 3.05) is 13.7 Å². The van der Waals surface area contributed by atoms with Crippen molar-refractivity contribution in [3.63, 3.8) is 0 Å². The molecule has 0 bridgehead atoms. The minimum absolute atomic E-state index is 0.0221. The SMILES string of the molecule is COC(=O)CN(C(=O)N[C@@H](Cc1ccc(-c2ccccn2)cc1)C[C@H](O)[C@H](Cc1ccccc1)NC(=O)[C@@H](NC(=O)O)C(C)(C)C)C(C)(C)C. The van der Waals surface area contributed by atoms with Crippen LogP contribution in [0.4, 0.5) is 9.59 Å². The molecule has 1 aromatic heterocycles. The number of hydrogen-bond acceptors (Lipinski definition) is 7. The second-order valence-corrected chi connectivity index (χ2v) is 14.5. The molecular weight excluding hydrogens is 638 g/mol. The molecule has 0 unspecified atom stereocenters. The van der Waals surface area contributed by atoms with Crippen LogP contribution in [-0.4, -0.2) is 87.5 Å². The highest BCUT2D eigenvalue weighted by Crippen LogP contribution is 2.23. The highest BCUT2D eigenvalue weighted by molar-refractivity contribution is 5.86. The number of aromatic nitrogens is 1. The Morgan fingerprint density at radius 3 is 1.98 bits per heavy atom. The largest absolute Gasteiger partial charge is 0.468 e. The predicted molar refractivity (Wildman–Crippen MR) is 191 cm³/mol. The second kappa shape index (κ2) is 17.6. The fraction of sp³-hybridized carbons (Fsp3) is 0.447. The Morgan fingerprint density at radius 1 is 0.820 bits per heavy atom. The van der Waals surface area contributed by atoms with Gasteiger partial charge < -0.3 is 35.8 Å². The van der Waals surface area contributed by atoms with Gasteiger partial charge in [-0.05, 0) is 68.7 Å². The normalized spacial score (nSPS) is 14.0. The first-order valence-corrected chi connectivity index (χ1v) is 16.6. The maximum Gasteiger partial charge on any atom is 0.405 e. The van der Waals surface area contributed by atoms with Gasteiger partial charge in [0.25, 0.3) is 0 Å². The van der Waals surface area contributed by atoms with Crippen LogP contribution < -0.4 is 16.0 Å². The number of esters is 1. The van der Waals surface area contributed by atoms with Crippen molar-refractivity contribution in [3.05, 3.63) is 90.1 Å². The van der Waals surface area contributed by atoms with Gasteiger partial charge in [0.1, 0.15) is 12.6 Å². The number of hydrogen-bond donors (Lipinski definition) is 5. The van der Waals surface area contributed by atoms with Gasteiger partial charge in [-0.1, -0.05) is 81.4 Å². The Morgan fingerprint density at radius 2 is 1.44 bits per heavy atom. The first-order valence-electron chi connectivity index (χ1n) is 16.6. The molecule has 0 aliphatic heterocycles. The number of pyridine rings is 1. The van der Waals surface area contributed by atoms with Crippen LogP contribution in [0.15, 0.2) is 79.0 Å². The number of aliphatic hydroxyl groups is 1. The van der Waals surface area contributed by atoms with Crippen LogP contribution in [0, 0.1) is 5.41 Å². The standard InChI is InChI=1S/C38H51N5O7/c1-37(2,3)33(42-36(48)49)34(46)41-30(22-25-13-9-8-10-14-25)31(44)23-28(40-35(47)43(38(4,5)6)24-32(45)50-7)21-26-16-18-27(19-17-26)29-15-11-12-20-39-29/h8-20,28,30-31,33,42,44H,21-24H2,1-7H3,(H,40,47)(H,41,46)(H,48,49)/t28-,30-,31-,33+/m0/s1. The zero-order valence-electron chi connectivity index (χ0n) is 30.0. The maximum atomic E-state index is 13.8.